The van der Waals surface area contributed by atoms with Crippen molar-refractivity contribution in [3.05, 3.63) is 168 Å². The molecule has 2 aromatic heterocycles. The highest BCUT2D eigenvalue weighted by Crippen LogP contribution is 2.41. The van der Waals surface area contributed by atoms with Gasteiger partial charge in [-0.05, 0) is 89.5 Å². The molecule has 0 radical (unpaired) electrons. The van der Waals surface area contributed by atoms with Crippen LogP contribution in [0.2, 0.25) is 0 Å². The van der Waals surface area contributed by atoms with Gasteiger partial charge in [0.2, 0.25) is 0 Å². The fourth-order valence-corrected chi connectivity index (χ4v) is 7.40. The fourth-order valence-electron chi connectivity index (χ4n) is 7.40. The van der Waals surface area contributed by atoms with Crippen LogP contribution < -0.4 is 0 Å². The molecule has 0 unspecified atom stereocenters. The van der Waals surface area contributed by atoms with Gasteiger partial charge < -0.3 is 9.13 Å². The van der Waals surface area contributed by atoms with Gasteiger partial charge in [-0.15, -0.1) is 0 Å². The number of hydrogen-bond donors (Lipinski definition) is 0. The number of para-hydroxylation sites is 2. The van der Waals surface area contributed by atoms with Gasteiger partial charge in [-0.25, -0.2) is 0 Å². The van der Waals surface area contributed by atoms with E-state index < -0.39 is 0 Å². The van der Waals surface area contributed by atoms with Crippen LogP contribution in [-0.2, 0) is 0 Å². The maximum Gasteiger partial charge on any atom is 0.0992 e. The van der Waals surface area contributed by atoms with E-state index in [-0.39, 0.29) is 0 Å². The van der Waals surface area contributed by atoms with Crippen LogP contribution in [0.3, 0.4) is 0 Å². The normalized spacial score (nSPS) is 11.1. The van der Waals surface area contributed by atoms with Crippen molar-refractivity contribution >= 4 is 43.6 Å². The minimum atomic E-state index is 0.574. The third kappa shape index (κ3) is 4.38. The Morgan fingerprint density at radius 2 is 0.900 bits per heavy atom. The lowest BCUT2D eigenvalue weighted by Crippen LogP contribution is -1.99. The van der Waals surface area contributed by atoms with Crippen LogP contribution in [0.1, 0.15) is 16.7 Å². The molecule has 0 aliphatic rings. The summed E-state index contributed by atoms with van der Waals surface area (Å²) in [5, 5.41) is 33.7. The van der Waals surface area contributed by atoms with E-state index in [2.05, 4.69) is 88.0 Å². The molecule has 0 saturated carbocycles. The fraction of sp³-hybridized carbons (Fsp3) is 0. The first-order valence-electron chi connectivity index (χ1n) is 16.3. The van der Waals surface area contributed by atoms with Gasteiger partial charge in [0.25, 0.3) is 0 Å². The molecule has 2 heterocycles. The van der Waals surface area contributed by atoms with E-state index in [9.17, 15) is 15.8 Å². The number of benzene rings is 7. The van der Waals surface area contributed by atoms with Gasteiger partial charge >= 0.3 is 0 Å². The van der Waals surface area contributed by atoms with Crippen LogP contribution in [0.25, 0.3) is 77.2 Å². The summed E-state index contributed by atoms with van der Waals surface area (Å²) < 4.78 is 4.45. The lowest BCUT2D eigenvalue weighted by Gasteiger charge is -2.18. The topological polar surface area (TPSA) is 81.2 Å². The van der Waals surface area contributed by atoms with Gasteiger partial charge in [0.05, 0.1) is 62.7 Å². The molecule has 5 heteroatoms. The highest BCUT2D eigenvalue weighted by molar-refractivity contribution is 6.11. The van der Waals surface area contributed by atoms with Gasteiger partial charge in [0, 0.05) is 32.8 Å². The minimum Gasteiger partial charge on any atom is -0.309 e. The van der Waals surface area contributed by atoms with E-state index in [1.807, 2.05) is 91.0 Å². The summed E-state index contributed by atoms with van der Waals surface area (Å²) in [6.45, 7) is 0. The Morgan fingerprint density at radius 3 is 1.64 bits per heavy atom. The second-order valence-corrected chi connectivity index (χ2v) is 12.3. The summed E-state index contributed by atoms with van der Waals surface area (Å²) in [4.78, 5) is 0. The first-order chi connectivity index (χ1) is 24.7. The molecule has 230 valence electrons. The number of nitrogens with zero attached hydrogens (tertiary/aromatic N) is 5. The van der Waals surface area contributed by atoms with Gasteiger partial charge in [-0.3, -0.25) is 0 Å². The summed E-state index contributed by atoms with van der Waals surface area (Å²) in [7, 11) is 0. The van der Waals surface area contributed by atoms with E-state index >= 15 is 0 Å². The van der Waals surface area contributed by atoms with Crippen molar-refractivity contribution in [2.24, 2.45) is 0 Å². The second kappa shape index (κ2) is 11.4. The van der Waals surface area contributed by atoms with Crippen molar-refractivity contribution in [1.82, 2.24) is 9.13 Å². The third-order valence-electron chi connectivity index (χ3n) is 9.62. The SMILES string of the molecule is N#Cc1ccc(-n2c3ccccc3c3cc(C#N)ccc32)c(-c2ccccc2-c2ccc(-n3c4ccccc4c4ccc(C#N)cc43)cc2)c1. The van der Waals surface area contributed by atoms with Gasteiger partial charge in [-0.1, -0.05) is 78.9 Å². The van der Waals surface area contributed by atoms with E-state index in [0.29, 0.717) is 16.7 Å². The summed E-state index contributed by atoms with van der Waals surface area (Å²) >= 11 is 0. The molecular weight excluding hydrogens is 611 g/mol. The largest absolute Gasteiger partial charge is 0.309 e. The summed E-state index contributed by atoms with van der Waals surface area (Å²) in [5.41, 5.74) is 11.9. The van der Waals surface area contributed by atoms with Crippen molar-refractivity contribution < 1.29 is 0 Å². The van der Waals surface area contributed by atoms with E-state index in [0.717, 1.165) is 77.2 Å². The predicted octanol–water partition coefficient (Wildman–Crippen LogP) is 10.8. The van der Waals surface area contributed by atoms with Crippen LogP contribution in [0.5, 0.6) is 0 Å². The molecular formula is C45H25N5. The van der Waals surface area contributed by atoms with Crippen LogP contribution in [0, 0.1) is 34.0 Å². The quantitative estimate of drug-likeness (QED) is 0.193. The molecule has 9 aromatic rings. The van der Waals surface area contributed by atoms with Gasteiger partial charge in [-0.2, -0.15) is 15.8 Å². The predicted molar refractivity (Wildman–Crippen MR) is 200 cm³/mol. The summed E-state index contributed by atoms with van der Waals surface area (Å²) in [6, 6.07) is 57.9. The number of aromatic nitrogens is 2. The van der Waals surface area contributed by atoms with Gasteiger partial charge in [0.15, 0.2) is 0 Å². The zero-order valence-corrected chi connectivity index (χ0v) is 26.7. The molecule has 50 heavy (non-hydrogen) atoms. The van der Waals surface area contributed by atoms with E-state index in [1.54, 1.807) is 0 Å². The standard InChI is InChI=1S/C45H25N5/c46-26-29-14-21-43(50-42-12-6-4-10-37(42)40-24-30(27-47)15-22-44(40)50)39(23-29)35-8-2-1-7-34(35)32-16-18-33(19-17-32)49-41-11-5-3-9-36(41)38-20-13-31(28-48)25-45(38)49/h1-25H. The summed E-state index contributed by atoms with van der Waals surface area (Å²) in [5.74, 6) is 0. The maximum atomic E-state index is 10.0. The Morgan fingerprint density at radius 1 is 0.360 bits per heavy atom. The van der Waals surface area contributed by atoms with Crippen LogP contribution in [0.15, 0.2) is 152 Å². The average Bonchev–Trinajstić information content (AvgIpc) is 3.69. The third-order valence-corrected chi connectivity index (χ3v) is 9.62. The first kappa shape index (κ1) is 28.8. The van der Waals surface area contributed by atoms with Crippen molar-refractivity contribution in [1.29, 1.82) is 15.8 Å². The van der Waals surface area contributed by atoms with E-state index in [1.165, 1.54) is 0 Å². The second-order valence-electron chi connectivity index (χ2n) is 12.3. The van der Waals surface area contributed by atoms with Gasteiger partial charge in [0.1, 0.15) is 0 Å². The monoisotopic (exact) mass is 635 g/mol. The smallest absolute Gasteiger partial charge is 0.0992 e. The summed E-state index contributed by atoms with van der Waals surface area (Å²) in [6.07, 6.45) is 0. The lowest BCUT2D eigenvalue weighted by molar-refractivity contribution is 1.18. The number of hydrogen-bond acceptors (Lipinski definition) is 3. The highest BCUT2D eigenvalue weighted by Gasteiger charge is 2.19. The Labute approximate surface area is 287 Å². The molecule has 0 atom stereocenters. The molecule has 0 aliphatic heterocycles. The molecule has 5 nitrogen and oxygen atoms in total. The molecule has 0 amide bonds. The molecule has 0 fully saturated rings. The highest BCUT2D eigenvalue weighted by atomic mass is 15.0. The van der Waals surface area contributed by atoms with E-state index in [4.69, 9.17) is 0 Å². The number of nitriles is 3. The van der Waals surface area contributed by atoms with Crippen LogP contribution in [0.4, 0.5) is 0 Å². The number of rotatable bonds is 4. The van der Waals surface area contributed by atoms with Crippen molar-refractivity contribution in [3.8, 4) is 51.8 Å². The molecule has 0 bridgehead atoms. The van der Waals surface area contributed by atoms with Crippen molar-refractivity contribution in [3.63, 3.8) is 0 Å². The maximum absolute atomic E-state index is 10.0. The van der Waals surface area contributed by atoms with Crippen LogP contribution >= 0.6 is 0 Å². The number of fused-ring (bicyclic) bond motifs is 6. The molecule has 9 rings (SSSR count). The Hall–Kier alpha value is -7.39. The first-order valence-corrected chi connectivity index (χ1v) is 16.3. The Balaban J connectivity index is 1.23. The molecule has 7 aromatic carbocycles. The lowest BCUT2D eigenvalue weighted by atomic mass is 9.92. The van der Waals surface area contributed by atoms with Crippen LogP contribution in [-0.4, -0.2) is 9.13 Å². The van der Waals surface area contributed by atoms with Crippen molar-refractivity contribution in [2.75, 3.05) is 0 Å². The Bertz CT molecular complexity index is 2960. The molecule has 0 spiro atoms. The zero-order valence-electron chi connectivity index (χ0n) is 26.7. The Kier molecular flexibility index (Phi) is 6.56. The molecule has 0 N–H and O–H groups in total. The molecule has 0 saturated heterocycles. The minimum absolute atomic E-state index is 0.574. The zero-order chi connectivity index (χ0) is 33.8. The molecule has 0 aliphatic carbocycles. The van der Waals surface area contributed by atoms with Crippen molar-refractivity contribution in [2.45, 2.75) is 0 Å². The average molecular weight is 636 g/mol.